The molecule has 0 amide bonds. The van der Waals surface area contributed by atoms with Gasteiger partial charge in [-0.25, -0.2) is 0 Å². The Bertz CT molecular complexity index is 2030. The average molecular weight is 644 g/mol. The maximum atomic E-state index is 11.5. The highest BCUT2D eigenvalue weighted by Crippen LogP contribution is 2.48. The summed E-state index contributed by atoms with van der Waals surface area (Å²) in [6.45, 7) is 0.722. The van der Waals surface area contributed by atoms with Crippen LogP contribution in [0.4, 0.5) is 5.69 Å². The molecular formula is C29H27N2O7S4+. The molecule has 0 radical (unpaired) electrons. The number of aromatic nitrogens is 1. The van der Waals surface area contributed by atoms with E-state index < -0.39 is 20.2 Å². The summed E-state index contributed by atoms with van der Waals surface area (Å²) in [6.07, 6.45) is 4.09. The first-order chi connectivity index (χ1) is 20.1. The van der Waals surface area contributed by atoms with Crippen molar-refractivity contribution in [3.63, 3.8) is 0 Å². The molecule has 6 rings (SSSR count). The maximum Gasteiger partial charge on any atom is 0.265 e. The van der Waals surface area contributed by atoms with Gasteiger partial charge in [-0.1, -0.05) is 47.4 Å². The van der Waals surface area contributed by atoms with E-state index in [1.807, 2.05) is 65.6 Å². The Hall–Kier alpha value is -3.20. The van der Waals surface area contributed by atoms with Gasteiger partial charge in [-0.15, -0.1) is 0 Å². The van der Waals surface area contributed by atoms with Crippen molar-refractivity contribution in [2.75, 3.05) is 23.0 Å². The van der Waals surface area contributed by atoms with Crippen LogP contribution in [0.15, 0.2) is 87.3 Å². The van der Waals surface area contributed by atoms with Crippen LogP contribution in [-0.2, 0) is 26.8 Å². The van der Waals surface area contributed by atoms with Crippen LogP contribution in [0.3, 0.4) is 0 Å². The number of hydrogen-bond donors (Lipinski definition) is 2. The lowest BCUT2D eigenvalue weighted by Crippen LogP contribution is -2.36. The van der Waals surface area contributed by atoms with Crippen molar-refractivity contribution in [1.82, 2.24) is 0 Å². The molecule has 5 aromatic rings. The van der Waals surface area contributed by atoms with Gasteiger partial charge in [0.25, 0.3) is 25.2 Å². The molecule has 0 bridgehead atoms. The van der Waals surface area contributed by atoms with Crippen LogP contribution < -0.4 is 9.47 Å². The molecule has 42 heavy (non-hydrogen) atoms. The van der Waals surface area contributed by atoms with Crippen molar-refractivity contribution in [3.05, 3.63) is 83.0 Å². The van der Waals surface area contributed by atoms with Gasteiger partial charge in [0.05, 0.1) is 39.9 Å². The number of rotatable bonds is 10. The van der Waals surface area contributed by atoms with Gasteiger partial charge >= 0.3 is 0 Å². The molecular weight excluding hydrogens is 617 g/mol. The molecule has 0 spiro atoms. The normalized spacial score (nSPS) is 14.8. The average Bonchev–Trinajstić information content (AvgIpc) is 3.66. The van der Waals surface area contributed by atoms with Gasteiger partial charge in [-0.3, -0.25) is 9.11 Å². The quantitative estimate of drug-likeness (QED) is 0.138. The second-order valence-corrected chi connectivity index (χ2v) is 15.2. The van der Waals surface area contributed by atoms with E-state index in [4.69, 9.17) is 4.42 Å². The number of fused-ring (bicyclic) bond motifs is 4. The van der Waals surface area contributed by atoms with Crippen molar-refractivity contribution >= 4 is 76.1 Å². The summed E-state index contributed by atoms with van der Waals surface area (Å²) >= 11 is 3.13. The lowest BCUT2D eigenvalue weighted by atomic mass is 10.1. The Kier molecular flexibility index (Phi) is 7.89. The maximum absolute atomic E-state index is 11.5. The predicted octanol–water partition coefficient (Wildman–Crippen LogP) is 6.07. The summed E-state index contributed by atoms with van der Waals surface area (Å²) in [5.74, 6) is 0.000550. The molecule has 0 atom stereocenters. The number of hydrogen-bond acceptors (Lipinski definition) is 8. The molecule has 3 aromatic carbocycles. The van der Waals surface area contributed by atoms with Crippen LogP contribution in [0.5, 0.6) is 0 Å². The minimum absolute atomic E-state index is 0.215. The highest BCUT2D eigenvalue weighted by atomic mass is 32.2. The second-order valence-electron chi connectivity index (χ2n) is 9.90. The van der Waals surface area contributed by atoms with E-state index in [1.54, 1.807) is 29.4 Å². The summed E-state index contributed by atoms with van der Waals surface area (Å²) in [6, 6.07) is 21.8. The first-order valence-corrected chi connectivity index (χ1v) is 18.0. The number of thiazole rings is 1. The van der Waals surface area contributed by atoms with Gasteiger partial charge in [0.1, 0.15) is 10.5 Å². The van der Waals surface area contributed by atoms with Crippen molar-refractivity contribution in [2.45, 2.75) is 24.3 Å². The third kappa shape index (κ3) is 6.26. The Balaban J connectivity index is 1.45. The smallest absolute Gasteiger partial charge is 0.265 e. The summed E-state index contributed by atoms with van der Waals surface area (Å²) in [4.78, 5) is 3.04. The van der Waals surface area contributed by atoms with Crippen molar-refractivity contribution in [2.24, 2.45) is 0 Å². The van der Waals surface area contributed by atoms with E-state index in [1.165, 1.54) is 0 Å². The standard InChI is InChI=1S/C29H26N2O7S4/c32-41(33,34)16-4-13-30-23-18-21(24-8-3-15-38-24)10-11-25(23)39-27(30)19-28-31(14-5-17-42(35,36)37)29-22-7-2-1-6-20(22)9-12-26(29)40-28/h1-3,6-12,15,18-19H,4-5,13-14,16-17H2,(H-,32,33,34,35,36,37)/p+1. The highest BCUT2D eigenvalue weighted by molar-refractivity contribution is 8.04. The summed E-state index contributed by atoms with van der Waals surface area (Å²) in [7, 11) is -8.23. The molecule has 0 unspecified atom stereocenters. The molecule has 0 saturated carbocycles. The van der Waals surface area contributed by atoms with E-state index in [0.29, 0.717) is 18.8 Å². The fraction of sp³-hybridized carbons (Fsp3) is 0.207. The van der Waals surface area contributed by atoms with Gasteiger partial charge in [-0.05, 0) is 54.3 Å². The number of nitrogens with zero attached hydrogens (tertiary/aromatic N) is 2. The number of anilines is 1. The molecule has 3 heterocycles. The third-order valence-corrected chi connectivity index (χ3v) is 10.8. The van der Waals surface area contributed by atoms with E-state index >= 15 is 0 Å². The van der Waals surface area contributed by atoms with Crippen LogP contribution in [0.25, 0.3) is 38.4 Å². The van der Waals surface area contributed by atoms with Gasteiger partial charge in [-0.2, -0.15) is 21.4 Å². The number of furan rings is 1. The van der Waals surface area contributed by atoms with Crippen LogP contribution in [0.1, 0.15) is 17.8 Å². The second kappa shape index (κ2) is 11.5. The Morgan fingerprint density at radius 3 is 2.45 bits per heavy atom. The van der Waals surface area contributed by atoms with E-state index in [2.05, 4.69) is 16.7 Å². The van der Waals surface area contributed by atoms with E-state index in [-0.39, 0.29) is 24.3 Å². The Morgan fingerprint density at radius 1 is 0.905 bits per heavy atom. The van der Waals surface area contributed by atoms with Gasteiger partial charge in [0.15, 0.2) is 6.54 Å². The number of benzene rings is 3. The Morgan fingerprint density at radius 2 is 1.69 bits per heavy atom. The minimum atomic E-state index is -4.12. The summed E-state index contributed by atoms with van der Waals surface area (Å²) in [5.41, 5.74) is 2.77. The molecule has 13 heteroatoms. The molecule has 0 fully saturated rings. The molecule has 2 aromatic heterocycles. The fourth-order valence-corrected chi connectivity index (χ4v) is 8.46. The topological polar surface area (TPSA) is 129 Å². The molecule has 218 valence electrons. The molecule has 0 saturated heterocycles. The third-order valence-electron chi connectivity index (χ3n) is 6.97. The predicted molar refractivity (Wildman–Crippen MR) is 167 cm³/mol. The SMILES string of the molecule is O=S(=O)(O)CCCN1C(=Cc2sc3ccc4ccccc4c3[n+]2CCCS(=O)(=O)O)Sc2ccc(-c3ccco3)cc21. The van der Waals surface area contributed by atoms with E-state index in [9.17, 15) is 25.9 Å². The van der Waals surface area contributed by atoms with Gasteiger partial charge in [0.2, 0.25) is 5.52 Å². The van der Waals surface area contributed by atoms with Crippen LogP contribution >= 0.6 is 23.1 Å². The zero-order chi connectivity index (χ0) is 29.5. The Labute approximate surface area is 251 Å². The number of aryl methyl sites for hydroxylation is 1. The molecule has 2 N–H and O–H groups in total. The lowest BCUT2D eigenvalue weighted by molar-refractivity contribution is -0.667. The van der Waals surface area contributed by atoms with Crippen molar-refractivity contribution < 1.29 is 34.9 Å². The monoisotopic (exact) mass is 643 g/mol. The summed E-state index contributed by atoms with van der Waals surface area (Å²) < 4.78 is 73.5. The van der Waals surface area contributed by atoms with Crippen LogP contribution in [-0.4, -0.2) is 44.0 Å². The van der Waals surface area contributed by atoms with Gasteiger partial charge in [0, 0.05) is 23.4 Å². The zero-order valence-corrected chi connectivity index (χ0v) is 25.5. The number of thioether (sulfide) groups is 1. The highest BCUT2D eigenvalue weighted by Gasteiger charge is 2.29. The molecule has 9 nitrogen and oxygen atoms in total. The summed E-state index contributed by atoms with van der Waals surface area (Å²) in [5, 5.41) is 3.86. The minimum Gasteiger partial charge on any atom is -0.464 e. The zero-order valence-electron chi connectivity index (χ0n) is 22.2. The fourth-order valence-electron chi connectivity index (χ4n) is 5.15. The van der Waals surface area contributed by atoms with Crippen molar-refractivity contribution in [3.8, 4) is 11.3 Å². The van der Waals surface area contributed by atoms with Gasteiger partial charge < -0.3 is 9.32 Å². The molecule has 1 aliphatic rings. The van der Waals surface area contributed by atoms with Crippen molar-refractivity contribution in [1.29, 1.82) is 0 Å². The van der Waals surface area contributed by atoms with Crippen LogP contribution in [0, 0.1) is 0 Å². The lowest BCUT2D eigenvalue weighted by Gasteiger charge is -2.20. The molecule has 1 aliphatic heterocycles. The molecule has 0 aliphatic carbocycles. The largest absolute Gasteiger partial charge is 0.464 e. The first kappa shape index (κ1) is 28.9. The first-order valence-electron chi connectivity index (χ1n) is 13.2. The van der Waals surface area contributed by atoms with E-state index in [0.717, 1.165) is 47.2 Å². The van der Waals surface area contributed by atoms with Crippen LogP contribution in [0.2, 0.25) is 0 Å².